The summed E-state index contributed by atoms with van der Waals surface area (Å²) in [6.45, 7) is 7.48. The van der Waals surface area contributed by atoms with Crippen LogP contribution in [0.2, 0.25) is 0 Å². The lowest BCUT2D eigenvalue weighted by Crippen LogP contribution is -2.54. The van der Waals surface area contributed by atoms with Gasteiger partial charge in [-0.15, -0.1) is 0 Å². The minimum Gasteiger partial charge on any atom is -0.493 e. The van der Waals surface area contributed by atoms with Crippen molar-refractivity contribution in [3.05, 3.63) is 29.8 Å². The molecule has 138 valence electrons. The Labute approximate surface area is 149 Å². The molecule has 1 aromatic carbocycles. The number of amides is 1. The first-order valence-corrected chi connectivity index (χ1v) is 8.88. The highest BCUT2D eigenvalue weighted by Gasteiger charge is 2.34. The molecule has 0 saturated heterocycles. The number of rotatable bonds is 9. The quantitative estimate of drug-likeness (QED) is 0.716. The molecule has 2 rings (SSSR count). The third-order valence-corrected chi connectivity index (χ3v) is 4.39. The number of benzene rings is 1. The number of carbonyl (C=O) groups is 2. The number of nitrogens with one attached hydrogen (secondary N) is 1. The Morgan fingerprint density at radius 3 is 2.68 bits per heavy atom. The Morgan fingerprint density at radius 2 is 2.08 bits per heavy atom. The number of likely N-dealkylation sites (N-methyl/N-ethyl adjacent to an activating group) is 1. The highest BCUT2D eigenvalue weighted by molar-refractivity contribution is 5.94. The molecule has 1 aromatic rings. The van der Waals surface area contributed by atoms with Crippen molar-refractivity contribution < 1.29 is 19.4 Å². The van der Waals surface area contributed by atoms with E-state index in [2.05, 4.69) is 19.2 Å². The van der Waals surface area contributed by atoms with Crippen molar-refractivity contribution in [1.82, 2.24) is 10.2 Å². The molecule has 0 aliphatic heterocycles. The highest BCUT2D eigenvalue weighted by Crippen LogP contribution is 2.26. The summed E-state index contributed by atoms with van der Waals surface area (Å²) >= 11 is 0. The lowest BCUT2D eigenvalue weighted by molar-refractivity contribution is -0.139. The van der Waals surface area contributed by atoms with Crippen molar-refractivity contribution in [3.8, 4) is 5.75 Å². The maximum absolute atomic E-state index is 12.4. The zero-order valence-corrected chi connectivity index (χ0v) is 15.2. The van der Waals surface area contributed by atoms with Crippen LogP contribution in [0.1, 0.15) is 44.0 Å². The molecule has 0 heterocycles. The molecule has 1 aliphatic rings. The molecule has 1 amide bonds. The second-order valence-electron chi connectivity index (χ2n) is 6.99. The summed E-state index contributed by atoms with van der Waals surface area (Å²) in [5.41, 5.74) is 0.586. The van der Waals surface area contributed by atoms with Crippen LogP contribution in [0.25, 0.3) is 0 Å². The van der Waals surface area contributed by atoms with Crippen LogP contribution in [-0.2, 0) is 4.79 Å². The van der Waals surface area contributed by atoms with Gasteiger partial charge in [0.05, 0.1) is 13.2 Å². The predicted molar refractivity (Wildman–Crippen MR) is 95.9 cm³/mol. The van der Waals surface area contributed by atoms with E-state index >= 15 is 0 Å². The van der Waals surface area contributed by atoms with Crippen LogP contribution in [0.3, 0.4) is 0 Å². The van der Waals surface area contributed by atoms with E-state index in [1.165, 1.54) is 0 Å². The smallest absolute Gasteiger partial charge is 0.317 e. The number of carbonyl (C=O) groups excluding carboxylic acids is 1. The minimum absolute atomic E-state index is 0.0526. The summed E-state index contributed by atoms with van der Waals surface area (Å²) < 4.78 is 5.66. The van der Waals surface area contributed by atoms with E-state index in [0.717, 1.165) is 12.8 Å². The maximum Gasteiger partial charge on any atom is 0.317 e. The Hall–Kier alpha value is -2.08. The van der Waals surface area contributed by atoms with Gasteiger partial charge in [-0.25, -0.2) is 0 Å². The van der Waals surface area contributed by atoms with E-state index in [0.29, 0.717) is 30.4 Å². The van der Waals surface area contributed by atoms with Gasteiger partial charge in [-0.3, -0.25) is 14.5 Å². The van der Waals surface area contributed by atoms with Gasteiger partial charge >= 0.3 is 5.97 Å². The second-order valence-corrected chi connectivity index (χ2v) is 6.99. The number of carboxylic acids is 1. The molecule has 0 aromatic heterocycles. The number of ether oxygens (including phenoxy) is 1. The molecule has 1 saturated carbocycles. The lowest BCUT2D eigenvalue weighted by atomic mass is 9.85. The fraction of sp³-hybridized carbons (Fsp3) is 0.579. The fourth-order valence-corrected chi connectivity index (χ4v) is 2.94. The van der Waals surface area contributed by atoms with E-state index in [4.69, 9.17) is 9.84 Å². The molecule has 0 spiro atoms. The van der Waals surface area contributed by atoms with Crippen LogP contribution < -0.4 is 10.1 Å². The van der Waals surface area contributed by atoms with Crippen molar-refractivity contribution in [1.29, 1.82) is 0 Å². The molecular formula is C19H28N2O4. The minimum atomic E-state index is -0.812. The van der Waals surface area contributed by atoms with Crippen LogP contribution in [0.15, 0.2) is 24.3 Å². The van der Waals surface area contributed by atoms with E-state index in [9.17, 15) is 9.59 Å². The molecule has 2 N–H and O–H groups in total. The molecule has 0 bridgehead atoms. The molecule has 1 aliphatic carbocycles. The number of nitrogens with zero attached hydrogens (tertiary/aromatic N) is 1. The van der Waals surface area contributed by atoms with Gasteiger partial charge in [0.15, 0.2) is 0 Å². The van der Waals surface area contributed by atoms with Crippen LogP contribution in [-0.4, -0.2) is 53.7 Å². The first-order valence-electron chi connectivity index (χ1n) is 8.88. The molecule has 1 fully saturated rings. The van der Waals surface area contributed by atoms with Crippen LogP contribution in [0.5, 0.6) is 5.75 Å². The van der Waals surface area contributed by atoms with Crippen LogP contribution >= 0.6 is 0 Å². The summed E-state index contributed by atoms with van der Waals surface area (Å²) in [5, 5.41) is 11.9. The molecule has 25 heavy (non-hydrogen) atoms. The van der Waals surface area contributed by atoms with E-state index in [1.807, 2.05) is 24.0 Å². The summed E-state index contributed by atoms with van der Waals surface area (Å²) in [7, 11) is 0. The van der Waals surface area contributed by atoms with Crippen molar-refractivity contribution in [2.75, 3.05) is 19.7 Å². The SMILES string of the molecule is CCN(CC(=O)O)C1CC(NC(=O)c2cccc(OCC(C)C)c2)C1. The van der Waals surface area contributed by atoms with Gasteiger partial charge in [0.25, 0.3) is 5.91 Å². The first-order chi connectivity index (χ1) is 11.9. The molecule has 0 atom stereocenters. The summed E-state index contributed by atoms with van der Waals surface area (Å²) in [4.78, 5) is 25.2. The number of aliphatic carboxylic acids is 1. The van der Waals surface area contributed by atoms with Gasteiger partial charge < -0.3 is 15.2 Å². The van der Waals surface area contributed by atoms with E-state index in [1.54, 1.807) is 12.1 Å². The number of hydrogen-bond acceptors (Lipinski definition) is 4. The van der Waals surface area contributed by atoms with Crippen LogP contribution in [0.4, 0.5) is 0 Å². The Bertz CT molecular complexity index is 597. The monoisotopic (exact) mass is 348 g/mol. The molecule has 0 unspecified atom stereocenters. The van der Waals surface area contributed by atoms with Gasteiger partial charge in [0, 0.05) is 17.6 Å². The van der Waals surface area contributed by atoms with Gasteiger partial charge in [-0.05, 0) is 43.5 Å². The maximum atomic E-state index is 12.4. The topological polar surface area (TPSA) is 78.9 Å². The molecule has 0 radical (unpaired) electrons. The summed E-state index contributed by atoms with van der Waals surface area (Å²) in [6, 6.07) is 7.53. The van der Waals surface area contributed by atoms with Gasteiger partial charge in [-0.2, -0.15) is 0 Å². The Morgan fingerprint density at radius 1 is 1.36 bits per heavy atom. The lowest BCUT2D eigenvalue weighted by Gasteiger charge is -2.42. The Kier molecular flexibility index (Phi) is 6.82. The molecule has 6 heteroatoms. The fourth-order valence-electron chi connectivity index (χ4n) is 2.94. The van der Waals surface area contributed by atoms with E-state index < -0.39 is 5.97 Å². The average Bonchev–Trinajstić information content (AvgIpc) is 2.54. The Balaban J connectivity index is 1.83. The third-order valence-electron chi connectivity index (χ3n) is 4.39. The van der Waals surface area contributed by atoms with Gasteiger partial charge in [0.1, 0.15) is 5.75 Å². The predicted octanol–water partition coefficient (Wildman–Crippen LogP) is 2.39. The van der Waals surface area contributed by atoms with Gasteiger partial charge in [0.2, 0.25) is 0 Å². The van der Waals surface area contributed by atoms with Crippen molar-refractivity contribution in [2.24, 2.45) is 5.92 Å². The summed E-state index contributed by atoms with van der Waals surface area (Å²) in [6.07, 6.45) is 1.58. The highest BCUT2D eigenvalue weighted by atomic mass is 16.5. The van der Waals surface area contributed by atoms with Crippen molar-refractivity contribution in [2.45, 2.75) is 45.7 Å². The van der Waals surface area contributed by atoms with Crippen molar-refractivity contribution in [3.63, 3.8) is 0 Å². The second kappa shape index (κ2) is 8.85. The summed E-state index contributed by atoms with van der Waals surface area (Å²) in [5.74, 6) is 0.204. The largest absolute Gasteiger partial charge is 0.493 e. The van der Waals surface area contributed by atoms with Crippen molar-refractivity contribution >= 4 is 11.9 Å². The number of hydrogen-bond donors (Lipinski definition) is 2. The zero-order valence-electron chi connectivity index (χ0n) is 15.2. The molecular weight excluding hydrogens is 320 g/mol. The molecule has 6 nitrogen and oxygen atoms in total. The average molecular weight is 348 g/mol. The van der Waals surface area contributed by atoms with Crippen LogP contribution in [0, 0.1) is 5.92 Å². The standard InChI is InChI=1S/C19H28N2O4/c1-4-21(11-18(22)23)16-9-15(10-16)20-19(24)14-6-5-7-17(8-14)25-12-13(2)3/h5-8,13,15-16H,4,9-12H2,1-3H3,(H,20,24)(H,22,23). The van der Waals surface area contributed by atoms with Gasteiger partial charge in [-0.1, -0.05) is 26.8 Å². The normalized spacial score (nSPS) is 19.6. The van der Waals surface area contributed by atoms with E-state index in [-0.39, 0.29) is 24.5 Å². The zero-order chi connectivity index (χ0) is 18.4. The first kappa shape index (κ1) is 19.2. The third kappa shape index (κ3) is 5.74. The number of carboxylic acid groups (broad SMARTS) is 1.